The molecule has 0 saturated carbocycles. The summed E-state index contributed by atoms with van der Waals surface area (Å²) in [5, 5.41) is 3.29. The third-order valence-corrected chi connectivity index (χ3v) is 7.27. The molecule has 1 amide bonds. The lowest BCUT2D eigenvalue weighted by atomic mass is 10.0. The van der Waals surface area contributed by atoms with Crippen LogP contribution in [0.4, 0.5) is 30.7 Å². The first-order valence-electron chi connectivity index (χ1n) is 14.8. The first-order valence-corrected chi connectivity index (χ1v) is 18.3. The summed E-state index contributed by atoms with van der Waals surface area (Å²) in [6, 6.07) is 23.3. The van der Waals surface area contributed by atoms with Crippen LogP contribution in [0.3, 0.4) is 0 Å². The standard InChI is InChI=1S/C18H12F5NO.C16H13F2N.C2H6ClOP/c19-13-6-7-15(20)14(9-13)12-8-16(11-4-2-1-3-5-11)24(10-12)17(25)18(21,22)23;17-13-6-7-15(18)14(9-13)12-8-16(19-10-12)11-4-2-1-3-5-11;1-5(2,3)4/h1-9,16H,10H2;1-9,16,19H,10H2;1-2H3. The van der Waals surface area contributed by atoms with Gasteiger partial charge in [0.1, 0.15) is 23.3 Å². The van der Waals surface area contributed by atoms with Gasteiger partial charge in [0, 0.05) is 37.5 Å². The monoisotopic (exact) mass is 722 g/mol. The van der Waals surface area contributed by atoms with Gasteiger partial charge in [0.05, 0.1) is 12.1 Å². The molecule has 258 valence electrons. The van der Waals surface area contributed by atoms with E-state index in [1.54, 1.807) is 30.3 Å². The van der Waals surface area contributed by atoms with Crippen LogP contribution in [0, 0.1) is 23.3 Å². The second kappa shape index (κ2) is 16.0. The van der Waals surface area contributed by atoms with Gasteiger partial charge in [-0.05, 0) is 58.7 Å². The Morgan fingerprint density at radius 1 is 0.755 bits per heavy atom. The number of nitrogens with one attached hydrogen (secondary N) is 1. The largest absolute Gasteiger partial charge is 0.471 e. The minimum Gasteiger partial charge on any atom is -0.320 e. The first kappa shape index (κ1) is 37.6. The van der Waals surface area contributed by atoms with Gasteiger partial charge in [-0.2, -0.15) is 13.2 Å². The molecular formula is C36H31ClF7N2O2P. The van der Waals surface area contributed by atoms with Crippen molar-refractivity contribution in [2.75, 3.05) is 26.4 Å². The third-order valence-electron chi connectivity index (χ3n) is 7.27. The number of rotatable bonds is 4. The van der Waals surface area contributed by atoms with Gasteiger partial charge in [0.15, 0.2) is 6.49 Å². The number of hydrogen-bond acceptors (Lipinski definition) is 3. The highest BCUT2D eigenvalue weighted by atomic mass is 35.7. The van der Waals surface area contributed by atoms with E-state index in [0.717, 1.165) is 35.4 Å². The maximum absolute atomic E-state index is 14.0. The maximum atomic E-state index is 14.0. The molecule has 2 aliphatic rings. The van der Waals surface area contributed by atoms with E-state index in [-0.39, 0.29) is 23.0 Å². The molecule has 4 nitrogen and oxygen atoms in total. The average molecular weight is 723 g/mol. The van der Waals surface area contributed by atoms with Gasteiger partial charge in [0.2, 0.25) is 0 Å². The van der Waals surface area contributed by atoms with E-state index in [1.165, 1.54) is 31.5 Å². The molecule has 2 aliphatic heterocycles. The molecule has 13 heteroatoms. The molecule has 4 aromatic carbocycles. The van der Waals surface area contributed by atoms with Gasteiger partial charge in [-0.25, -0.2) is 17.6 Å². The molecule has 0 spiro atoms. The summed E-state index contributed by atoms with van der Waals surface area (Å²) in [6.07, 6.45) is -1.75. The van der Waals surface area contributed by atoms with Gasteiger partial charge >= 0.3 is 12.1 Å². The SMILES string of the molecule is CP(C)(=O)Cl.Fc1ccc(F)c(C2=CC(c3ccccc3)NC2)c1.O=C(N1CC(c2cc(F)ccc2F)=CC1c1ccccc1)C(F)(F)F. The topological polar surface area (TPSA) is 49.4 Å². The quantitative estimate of drug-likeness (QED) is 0.169. The second-order valence-corrected chi connectivity index (χ2v) is 16.3. The van der Waals surface area contributed by atoms with Crippen LogP contribution in [0.2, 0.25) is 0 Å². The Morgan fingerprint density at radius 3 is 1.71 bits per heavy atom. The second-order valence-electron chi connectivity index (χ2n) is 11.4. The molecule has 2 atom stereocenters. The van der Waals surface area contributed by atoms with Crippen molar-refractivity contribution in [1.29, 1.82) is 0 Å². The number of benzene rings is 4. The Balaban J connectivity index is 0.000000199. The molecule has 2 heterocycles. The highest BCUT2D eigenvalue weighted by Gasteiger charge is 2.46. The molecule has 6 rings (SSSR count). The predicted octanol–water partition coefficient (Wildman–Crippen LogP) is 9.95. The normalized spacial score (nSPS) is 17.3. The van der Waals surface area contributed by atoms with Gasteiger partial charge < -0.3 is 14.8 Å². The summed E-state index contributed by atoms with van der Waals surface area (Å²) in [7, 11) is 0. The highest BCUT2D eigenvalue weighted by Crippen LogP contribution is 2.41. The van der Waals surface area contributed by atoms with Crippen molar-refractivity contribution in [3.8, 4) is 0 Å². The Labute approximate surface area is 284 Å². The van der Waals surface area contributed by atoms with Crippen LogP contribution < -0.4 is 5.32 Å². The fourth-order valence-electron chi connectivity index (χ4n) is 5.16. The van der Waals surface area contributed by atoms with Gasteiger partial charge in [0.25, 0.3) is 0 Å². The number of carbonyl (C=O) groups excluding carboxylic acids is 1. The lowest BCUT2D eigenvalue weighted by molar-refractivity contribution is -0.185. The smallest absolute Gasteiger partial charge is 0.320 e. The maximum Gasteiger partial charge on any atom is 0.471 e. The number of amides is 1. The van der Waals surface area contributed by atoms with Crippen molar-refractivity contribution in [2.24, 2.45) is 0 Å². The number of hydrogen-bond donors (Lipinski definition) is 1. The summed E-state index contributed by atoms with van der Waals surface area (Å²) >= 11 is 5.09. The van der Waals surface area contributed by atoms with Crippen LogP contribution >= 0.6 is 17.7 Å². The molecular weight excluding hydrogens is 692 g/mol. The van der Waals surface area contributed by atoms with E-state index in [0.29, 0.717) is 22.6 Å². The van der Waals surface area contributed by atoms with Crippen molar-refractivity contribution in [3.05, 3.63) is 155 Å². The van der Waals surface area contributed by atoms with E-state index in [9.17, 15) is 40.1 Å². The molecule has 4 aromatic rings. The first-order chi connectivity index (χ1) is 23.0. The van der Waals surface area contributed by atoms with Crippen LogP contribution in [0.15, 0.2) is 109 Å². The molecule has 0 radical (unpaired) electrons. The van der Waals surface area contributed by atoms with Crippen molar-refractivity contribution in [1.82, 2.24) is 10.2 Å². The molecule has 2 unspecified atom stereocenters. The molecule has 0 bridgehead atoms. The lowest BCUT2D eigenvalue weighted by Crippen LogP contribution is -2.41. The molecule has 49 heavy (non-hydrogen) atoms. The highest BCUT2D eigenvalue weighted by molar-refractivity contribution is 7.88. The Bertz CT molecular complexity index is 1870. The van der Waals surface area contributed by atoms with E-state index in [1.807, 2.05) is 36.4 Å². The fourth-order valence-corrected chi connectivity index (χ4v) is 5.16. The number of nitrogens with zero attached hydrogens (tertiary/aromatic N) is 1. The molecule has 0 aliphatic carbocycles. The predicted molar refractivity (Wildman–Crippen MR) is 178 cm³/mol. The summed E-state index contributed by atoms with van der Waals surface area (Å²) in [4.78, 5) is 12.4. The van der Waals surface area contributed by atoms with Crippen LogP contribution in [0.25, 0.3) is 11.1 Å². The van der Waals surface area contributed by atoms with Gasteiger partial charge in [-0.1, -0.05) is 84.1 Å². The Kier molecular flexibility index (Phi) is 12.3. The van der Waals surface area contributed by atoms with E-state index >= 15 is 0 Å². The zero-order valence-electron chi connectivity index (χ0n) is 26.2. The summed E-state index contributed by atoms with van der Waals surface area (Å²) in [5.41, 5.74) is 2.68. The summed E-state index contributed by atoms with van der Waals surface area (Å²) in [6.45, 7) is 0.932. The van der Waals surface area contributed by atoms with Gasteiger partial charge in [-0.3, -0.25) is 4.79 Å². The van der Waals surface area contributed by atoms with Crippen LogP contribution in [-0.2, 0) is 9.36 Å². The number of alkyl halides is 3. The lowest BCUT2D eigenvalue weighted by Gasteiger charge is -2.26. The Morgan fingerprint density at radius 2 is 1.22 bits per heavy atom. The van der Waals surface area contributed by atoms with Crippen molar-refractivity contribution < 1.29 is 40.1 Å². The van der Waals surface area contributed by atoms with Crippen molar-refractivity contribution in [3.63, 3.8) is 0 Å². The third kappa shape index (κ3) is 10.7. The van der Waals surface area contributed by atoms with Crippen LogP contribution in [-0.4, -0.2) is 43.4 Å². The van der Waals surface area contributed by atoms with Crippen LogP contribution in [0.5, 0.6) is 0 Å². The van der Waals surface area contributed by atoms with Crippen molar-refractivity contribution >= 4 is 34.8 Å². The average Bonchev–Trinajstić information content (AvgIpc) is 3.72. The number of halogens is 8. The number of carbonyl (C=O) groups is 1. The van der Waals surface area contributed by atoms with E-state index in [2.05, 4.69) is 5.32 Å². The minimum atomic E-state index is -5.06. The molecule has 0 saturated heterocycles. The van der Waals surface area contributed by atoms with Gasteiger partial charge in [-0.15, -0.1) is 0 Å². The summed E-state index contributed by atoms with van der Waals surface area (Å²) < 4.78 is 103. The zero-order valence-corrected chi connectivity index (χ0v) is 27.8. The van der Waals surface area contributed by atoms with E-state index < -0.39 is 48.6 Å². The fraction of sp³-hybridized carbons (Fsp3) is 0.194. The molecule has 0 aromatic heterocycles. The zero-order chi connectivity index (χ0) is 35.9. The summed E-state index contributed by atoms with van der Waals surface area (Å²) in [5.74, 6) is -4.30. The Hall–Kier alpha value is -4.18. The van der Waals surface area contributed by atoms with E-state index in [4.69, 9.17) is 11.2 Å². The molecule has 1 N–H and O–H groups in total. The van der Waals surface area contributed by atoms with Crippen molar-refractivity contribution in [2.45, 2.75) is 18.3 Å². The minimum absolute atomic E-state index is 0.0545. The van der Waals surface area contributed by atoms with Crippen LogP contribution in [0.1, 0.15) is 34.3 Å². The molecule has 0 fully saturated rings.